The van der Waals surface area contributed by atoms with Crippen LogP contribution in [-0.4, -0.2) is 17.4 Å². The average Bonchev–Trinajstić information content (AvgIpc) is 2.65. The van der Waals surface area contributed by atoms with E-state index in [0.717, 1.165) is 6.42 Å². The maximum absolute atomic E-state index is 11.5. The van der Waals surface area contributed by atoms with E-state index in [2.05, 4.69) is 0 Å². The highest BCUT2D eigenvalue weighted by Crippen LogP contribution is 2.30. The van der Waals surface area contributed by atoms with E-state index in [0.29, 0.717) is 18.7 Å². The van der Waals surface area contributed by atoms with E-state index >= 15 is 0 Å². The number of anilines is 1. The fraction of sp³-hybridized carbons (Fsp3) is 0.300. The molecule has 0 spiro atoms. The summed E-state index contributed by atoms with van der Waals surface area (Å²) in [4.78, 5) is 23.1. The topological polar surface area (TPSA) is 63.5 Å². The maximum atomic E-state index is 11.5. The van der Waals surface area contributed by atoms with Gasteiger partial charge in [-0.05, 0) is 18.6 Å². The lowest BCUT2D eigenvalue weighted by atomic mass is 10.2. The SMILES string of the molecule is O=C1CCCN1c1ccc(Cl)c([N+](=O)[O-])c1. The molecule has 0 atom stereocenters. The highest BCUT2D eigenvalue weighted by atomic mass is 35.5. The Balaban J connectivity index is 2.39. The molecule has 0 bridgehead atoms. The molecule has 1 saturated heterocycles. The third kappa shape index (κ3) is 1.86. The number of carbonyl (C=O) groups excluding carboxylic acids is 1. The molecule has 0 saturated carbocycles. The van der Waals surface area contributed by atoms with E-state index in [1.54, 1.807) is 11.0 Å². The standard InChI is InChI=1S/C10H9ClN2O3/c11-8-4-3-7(6-9(8)13(15)16)12-5-1-2-10(12)14/h3-4,6H,1-2,5H2. The second kappa shape index (κ2) is 4.09. The molecule has 0 N–H and O–H groups in total. The van der Waals surface area contributed by atoms with Crippen molar-refractivity contribution in [2.75, 3.05) is 11.4 Å². The van der Waals surface area contributed by atoms with Crippen molar-refractivity contribution < 1.29 is 9.72 Å². The Kier molecular flexibility index (Phi) is 2.78. The number of nitro groups is 1. The monoisotopic (exact) mass is 240 g/mol. The molecule has 1 aromatic carbocycles. The fourth-order valence-electron chi connectivity index (χ4n) is 1.73. The van der Waals surface area contributed by atoms with Gasteiger partial charge in [0.25, 0.3) is 5.69 Å². The van der Waals surface area contributed by atoms with Crippen LogP contribution in [0.3, 0.4) is 0 Å². The van der Waals surface area contributed by atoms with E-state index in [9.17, 15) is 14.9 Å². The smallest absolute Gasteiger partial charge is 0.289 e. The molecule has 0 aliphatic carbocycles. The third-order valence-electron chi connectivity index (χ3n) is 2.51. The first-order valence-corrected chi connectivity index (χ1v) is 5.21. The summed E-state index contributed by atoms with van der Waals surface area (Å²) < 4.78 is 0. The van der Waals surface area contributed by atoms with E-state index in [1.807, 2.05) is 0 Å². The number of hydrogen-bond acceptors (Lipinski definition) is 3. The van der Waals surface area contributed by atoms with Crippen molar-refractivity contribution in [3.05, 3.63) is 33.3 Å². The largest absolute Gasteiger partial charge is 0.312 e. The van der Waals surface area contributed by atoms with Gasteiger partial charge in [-0.2, -0.15) is 0 Å². The maximum Gasteiger partial charge on any atom is 0.289 e. The van der Waals surface area contributed by atoms with Gasteiger partial charge >= 0.3 is 0 Å². The summed E-state index contributed by atoms with van der Waals surface area (Å²) in [7, 11) is 0. The van der Waals surface area contributed by atoms with Gasteiger partial charge in [0.15, 0.2) is 0 Å². The van der Waals surface area contributed by atoms with E-state index < -0.39 is 4.92 Å². The molecule has 1 fully saturated rings. The Bertz CT molecular complexity index is 461. The first-order valence-electron chi connectivity index (χ1n) is 4.84. The van der Waals surface area contributed by atoms with Crippen LogP contribution in [0, 0.1) is 10.1 Å². The minimum atomic E-state index is -0.549. The summed E-state index contributed by atoms with van der Waals surface area (Å²) in [6.07, 6.45) is 1.28. The van der Waals surface area contributed by atoms with E-state index in [1.165, 1.54) is 12.1 Å². The lowest BCUT2D eigenvalue weighted by Crippen LogP contribution is -2.23. The van der Waals surface area contributed by atoms with Gasteiger partial charge in [-0.25, -0.2) is 0 Å². The molecule has 1 heterocycles. The highest BCUT2D eigenvalue weighted by molar-refractivity contribution is 6.32. The van der Waals surface area contributed by atoms with Crippen molar-refractivity contribution >= 4 is 28.9 Å². The number of benzene rings is 1. The Hall–Kier alpha value is -1.62. The zero-order valence-corrected chi connectivity index (χ0v) is 9.11. The number of hydrogen-bond donors (Lipinski definition) is 0. The number of amides is 1. The molecule has 5 nitrogen and oxygen atoms in total. The molecule has 0 unspecified atom stereocenters. The zero-order chi connectivity index (χ0) is 11.7. The first-order chi connectivity index (χ1) is 7.59. The molecule has 6 heteroatoms. The molecule has 1 amide bonds. The molecular weight excluding hydrogens is 232 g/mol. The fourth-order valence-corrected chi connectivity index (χ4v) is 1.92. The molecule has 0 aromatic heterocycles. The van der Waals surface area contributed by atoms with Gasteiger partial charge in [0.1, 0.15) is 5.02 Å². The van der Waals surface area contributed by atoms with Crippen molar-refractivity contribution in [2.24, 2.45) is 0 Å². The highest BCUT2D eigenvalue weighted by Gasteiger charge is 2.24. The van der Waals surface area contributed by atoms with Crippen LogP contribution in [0.4, 0.5) is 11.4 Å². The summed E-state index contributed by atoms with van der Waals surface area (Å²) in [6.45, 7) is 0.609. The van der Waals surface area contributed by atoms with Gasteiger partial charge in [0.2, 0.25) is 5.91 Å². The number of nitro benzene ring substituents is 1. The van der Waals surface area contributed by atoms with Crippen LogP contribution in [0.15, 0.2) is 18.2 Å². The molecule has 0 radical (unpaired) electrons. The van der Waals surface area contributed by atoms with Crippen molar-refractivity contribution in [2.45, 2.75) is 12.8 Å². The van der Waals surface area contributed by atoms with Gasteiger partial charge in [-0.3, -0.25) is 14.9 Å². The summed E-state index contributed by atoms with van der Waals surface area (Å²) in [5, 5.41) is 10.8. The predicted octanol–water partition coefficient (Wildman–Crippen LogP) is 2.38. The second-order valence-electron chi connectivity index (χ2n) is 3.54. The number of rotatable bonds is 2. The summed E-state index contributed by atoms with van der Waals surface area (Å²) in [5.74, 6) is -0.00313. The van der Waals surface area contributed by atoms with Gasteiger partial charge < -0.3 is 4.90 Å². The molecule has 1 aromatic rings. The van der Waals surface area contributed by atoms with Gasteiger partial charge in [0, 0.05) is 19.0 Å². The summed E-state index contributed by atoms with van der Waals surface area (Å²) in [5.41, 5.74) is 0.373. The van der Waals surface area contributed by atoms with E-state index in [4.69, 9.17) is 11.6 Å². The lowest BCUT2D eigenvalue weighted by Gasteiger charge is -2.15. The Morgan fingerprint density at radius 3 is 2.75 bits per heavy atom. The van der Waals surface area contributed by atoms with Crippen molar-refractivity contribution in [1.82, 2.24) is 0 Å². The van der Waals surface area contributed by atoms with E-state index in [-0.39, 0.29) is 16.6 Å². The van der Waals surface area contributed by atoms with Gasteiger partial charge in [-0.1, -0.05) is 11.6 Å². The summed E-state index contributed by atoms with van der Waals surface area (Å²) >= 11 is 5.69. The lowest BCUT2D eigenvalue weighted by molar-refractivity contribution is -0.384. The molecular formula is C10H9ClN2O3. The van der Waals surface area contributed by atoms with Gasteiger partial charge in [0.05, 0.1) is 10.6 Å². The minimum absolute atomic E-state index is 0.00313. The van der Waals surface area contributed by atoms with Crippen LogP contribution in [0.25, 0.3) is 0 Å². The van der Waals surface area contributed by atoms with Crippen LogP contribution in [-0.2, 0) is 4.79 Å². The second-order valence-corrected chi connectivity index (χ2v) is 3.95. The quantitative estimate of drug-likeness (QED) is 0.589. The Labute approximate surface area is 96.8 Å². The molecule has 16 heavy (non-hydrogen) atoms. The third-order valence-corrected chi connectivity index (χ3v) is 2.83. The van der Waals surface area contributed by atoms with Crippen LogP contribution in [0.2, 0.25) is 5.02 Å². The normalized spacial score (nSPS) is 15.6. The van der Waals surface area contributed by atoms with Crippen LogP contribution < -0.4 is 4.90 Å². The number of carbonyl (C=O) groups is 1. The van der Waals surface area contributed by atoms with Crippen molar-refractivity contribution in [3.63, 3.8) is 0 Å². The Morgan fingerprint density at radius 1 is 1.44 bits per heavy atom. The molecule has 1 aliphatic heterocycles. The zero-order valence-electron chi connectivity index (χ0n) is 8.35. The van der Waals surface area contributed by atoms with Crippen molar-refractivity contribution in [3.8, 4) is 0 Å². The van der Waals surface area contributed by atoms with Crippen LogP contribution in [0.5, 0.6) is 0 Å². The minimum Gasteiger partial charge on any atom is -0.312 e. The Morgan fingerprint density at radius 2 is 2.19 bits per heavy atom. The number of nitrogens with zero attached hydrogens (tertiary/aromatic N) is 2. The van der Waals surface area contributed by atoms with Crippen LogP contribution >= 0.6 is 11.6 Å². The predicted molar refractivity (Wildman–Crippen MR) is 59.7 cm³/mol. The van der Waals surface area contributed by atoms with Gasteiger partial charge in [-0.15, -0.1) is 0 Å². The molecule has 84 valence electrons. The molecule has 2 rings (SSSR count). The molecule has 1 aliphatic rings. The average molecular weight is 241 g/mol. The first kappa shape index (κ1) is 10.9. The van der Waals surface area contributed by atoms with Crippen LogP contribution in [0.1, 0.15) is 12.8 Å². The van der Waals surface area contributed by atoms with Crippen molar-refractivity contribution in [1.29, 1.82) is 0 Å². The number of halogens is 1. The summed E-state index contributed by atoms with van der Waals surface area (Å²) in [6, 6.07) is 4.41.